The number of amides is 1. The Morgan fingerprint density at radius 3 is 3.07 bits per heavy atom. The summed E-state index contributed by atoms with van der Waals surface area (Å²) in [7, 11) is 2.09. The Balaban J connectivity index is 1.32. The minimum atomic E-state index is -0.333. The van der Waals surface area contributed by atoms with Crippen molar-refractivity contribution in [2.75, 3.05) is 39.8 Å². The maximum absolute atomic E-state index is 12.6. The number of aliphatic hydroxyl groups is 1. The van der Waals surface area contributed by atoms with Gasteiger partial charge in [0.2, 0.25) is 5.91 Å². The van der Waals surface area contributed by atoms with Crippen molar-refractivity contribution in [3.05, 3.63) is 30.1 Å². The smallest absolute Gasteiger partial charge is 0.248 e. The SMILES string of the molecule is CN1CC[C@H](O)[C@@]2(CCCN(C(=O)COCc3nc4ccccc4[nH]3)C2)C1. The lowest BCUT2D eigenvalue weighted by Crippen LogP contribution is -2.59. The van der Waals surface area contributed by atoms with Crippen LogP contribution >= 0.6 is 0 Å². The first-order valence-electron chi connectivity index (χ1n) is 9.71. The van der Waals surface area contributed by atoms with Gasteiger partial charge >= 0.3 is 0 Å². The predicted molar refractivity (Wildman–Crippen MR) is 102 cm³/mol. The number of likely N-dealkylation sites (tertiary alicyclic amines) is 2. The molecule has 3 heterocycles. The predicted octanol–water partition coefficient (Wildman–Crippen LogP) is 1.38. The van der Waals surface area contributed by atoms with E-state index in [1.54, 1.807) is 0 Å². The first-order valence-corrected chi connectivity index (χ1v) is 9.71. The number of aliphatic hydroxyl groups excluding tert-OH is 1. The van der Waals surface area contributed by atoms with E-state index in [1.807, 2.05) is 29.2 Å². The molecule has 2 aliphatic rings. The number of piperidine rings is 2. The third-order valence-corrected chi connectivity index (χ3v) is 5.94. The fourth-order valence-electron chi connectivity index (χ4n) is 4.55. The third kappa shape index (κ3) is 3.85. The molecule has 2 fully saturated rings. The number of aromatic nitrogens is 2. The van der Waals surface area contributed by atoms with Crippen LogP contribution in [0.3, 0.4) is 0 Å². The number of nitrogens with one attached hydrogen (secondary N) is 1. The van der Waals surface area contributed by atoms with Crippen molar-refractivity contribution in [2.45, 2.75) is 32.0 Å². The zero-order valence-corrected chi connectivity index (χ0v) is 15.9. The summed E-state index contributed by atoms with van der Waals surface area (Å²) in [6.07, 6.45) is 2.35. The summed E-state index contributed by atoms with van der Waals surface area (Å²) >= 11 is 0. The van der Waals surface area contributed by atoms with Crippen molar-refractivity contribution in [2.24, 2.45) is 5.41 Å². The number of aromatic amines is 1. The summed E-state index contributed by atoms with van der Waals surface area (Å²) in [5, 5.41) is 10.6. The topological polar surface area (TPSA) is 81.7 Å². The maximum Gasteiger partial charge on any atom is 0.248 e. The highest BCUT2D eigenvalue weighted by Gasteiger charge is 2.45. The average Bonchev–Trinajstić information content (AvgIpc) is 3.08. The minimum Gasteiger partial charge on any atom is -0.392 e. The second kappa shape index (κ2) is 7.58. The lowest BCUT2D eigenvalue weighted by molar-refractivity contribution is -0.145. The standard InChI is InChI=1S/C20H28N4O3/c1-23-10-7-17(25)20(13-23)8-4-9-24(14-20)19(26)12-27-11-18-21-15-5-2-3-6-16(15)22-18/h2-3,5-6,17,25H,4,7-14H2,1H3,(H,21,22)/t17-,20-/m0/s1. The molecule has 0 bridgehead atoms. The van der Waals surface area contributed by atoms with E-state index in [2.05, 4.69) is 21.9 Å². The Kier molecular flexibility index (Phi) is 5.16. The molecule has 0 saturated carbocycles. The number of hydrogen-bond donors (Lipinski definition) is 2. The number of H-pyrrole nitrogens is 1. The molecular formula is C20H28N4O3. The lowest BCUT2D eigenvalue weighted by Gasteiger charge is -2.50. The molecule has 7 nitrogen and oxygen atoms in total. The number of nitrogens with zero attached hydrogens (tertiary/aromatic N) is 3. The Morgan fingerprint density at radius 1 is 1.37 bits per heavy atom. The molecule has 0 radical (unpaired) electrons. The van der Waals surface area contributed by atoms with Gasteiger partial charge in [-0.15, -0.1) is 0 Å². The van der Waals surface area contributed by atoms with Gasteiger partial charge in [-0.3, -0.25) is 4.79 Å². The molecule has 1 amide bonds. The van der Waals surface area contributed by atoms with Crippen LogP contribution in [0.1, 0.15) is 25.1 Å². The van der Waals surface area contributed by atoms with Gasteiger partial charge < -0.3 is 24.6 Å². The first kappa shape index (κ1) is 18.4. The molecule has 4 rings (SSSR count). The highest BCUT2D eigenvalue weighted by Crippen LogP contribution is 2.38. The second-order valence-electron chi connectivity index (χ2n) is 8.02. The number of carbonyl (C=O) groups is 1. The summed E-state index contributed by atoms with van der Waals surface area (Å²) in [6, 6.07) is 7.81. The Labute approximate surface area is 159 Å². The largest absolute Gasteiger partial charge is 0.392 e. The van der Waals surface area contributed by atoms with Crippen LogP contribution in [0.4, 0.5) is 0 Å². The third-order valence-electron chi connectivity index (χ3n) is 5.94. The van der Waals surface area contributed by atoms with Crippen molar-refractivity contribution in [3.63, 3.8) is 0 Å². The summed E-state index contributed by atoms with van der Waals surface area (Å²) in [6.45, 7) is 3.44. The van der Waals surface area contributed by atoms with E-state index in [0.717, 1.165) is 55.8 Å². The maximum atomic E-state index is 12.6. The Morgan fingerprint density at radius 2 is 2.22 bits per heavy atom. The quantitative estimate of drug-likeness (QED) is 0.848. The number of fused-ring (bicyclic) bond motifs is 1. The Bertz CT molecular complexity index is 774. The molecule has 2 aromatic rings. The molecule has 2 N–H and O–H groups in total. The van der Waals surface area contributed by atoms with Crippen molar-refractivity contribution < 1.29 is 14.6 Å². The van der Waals surface area contributed by atoms with Gasteiger partial charge in [-0.05, 0) is 38.4 Å². The van der Waals surface area contributed by atoms with Crippen LogP contribution in [-0.4, -0.2) is 76.7 Å². The molecule has 1 aromatic carbocycles. The molecule has 0 unspecified atom stereocenters. The molecule has 2 atom stereocenters. The van der Waals surface area contributed by atoms with E-state index in [-0.39, 0.29) is 30.6 Å². The lowest BCUT2D eigenvalue weighted by atomic mass is 9.71. The molecule has 2 saturated heterocycles. The van der Waals surface area contributed by atoms with Crippen molar-refractivity contribution in [3.8, 4) is 0 Å². The van der Waals surface area contributed by atoms with Crippen LogP contribution in [0.2, 0.25) is 0 Å². The number of rotatable bonds is 4. The fourth-order valence-corrected chi connectivity index (χ4v) is 4.55. The highest BCUT2D eigenvalue weighted by molar-refractivity contribution is 5.77. The molecule has 146 valence electrons. The monoisotopic (exact) mass is 372 g/mol. The highest BCUT2D eigenvalue weighted by atomic mass is 16.5. The van der Waals surface area contributed by atoms with Crippen molar-refractivity contribution >= 4 is 16.9 Å². The second-order valence-corrected chi connectivity index (χ2v) is 8.02. The molecule has 0 aliphatic carbocycles. The summed E-state index contributed by atoms with van der Waals surface area (Å²) in [4.78, 5) is 24.4. The van der Waals surface area contributed by atoms with Crippen molar-refractivity contribution in [1.82, 2.24) is 19.8 Å². The van der Waals surface area contributed by atoms with Crippen LogP contribution in [0.15, 0.2) is 24.3 Å². The molecule has 7 heteroatoms. The first-order chi connectivity index (χ1) is 13.1. The van der Waals surface area contributed by atoms with Crippen LogP contribution < -0.4 is 0 Å². The van der Waals surface area contributed by atoms with Gasteiger partial charge in [0.05, 0.1) is 17.1 Å². The van der Waals surface area contributed by atoms with Gasteiger partial charge in [0.25, 0.3) is 0 Å². The number of ether oxygens (including phenoxy) is 1. The molecule has 1 aromatic heterocycles. The number of para-hydroxylation sites is 2. The van der Waals surface area contributed by atoms with Gasteiger partial charge in [0.15, 0.2) is 0 Å². The van der Waals surface area contributed by atoms with E-state index >= 15 is 0 Å². The fraction of sp³-hybridized carbons (Fsp3) is 0.600. The van der Waals surface area contributed by atoms with Crippen LogP contribution in [-0.2, 0) is 16.1 Å². The van der Waals surface area contributed by atoms with E-state index < -0.39 is 0 Å². The van der Waals surface area contributed by atoms with Gasteiger partial charge in [0, 0.05) is 31.6 Å². The number of benzene rings is 1. The number of hydrogen-bond acceptors (Lipinski definition) is 5. The number of carbonyl (C=O) groups excluding carboxylic acids is 1. The van der Waals surface area contributed by atoms with E-state index in [1.165, 1.54) is 0 Å². The molecule has 27 heavy (non-hydrogen) atoms. The summed E-state index contributed by atoms with van der Waals surface area (Å²) in [5.74, 6) is 0.717. The molecular weight excluding hydrogens is 344 g/mol. The van der Waals surface area contributed by atoms with Gasteiger partial charge in [-0.25, -0.2) is 4.98 Å². The van der Waals surface area contributed by atoms with Gasteiger partial charge in [0.1, 0.15) is 19.0 Å². The average molecular weight is 372 g/mol. The zero-order valence-electron chi connectivity index (χ0n) is 15.9. The summed E-state index contributed by atoms with van der Waals surface area (Å²) in [5.41, 5.74) is 1.67. The normalized spacial score (nSPS) is 26.7. The van der Waals surface area contributed by atoms with E-state index in [9.17, 15) is 9.90 Å². The van der Waals surface area contributed by atoms with Gasteiger partial charge in [-0.2, -0.15) is 0 Å². The zero-order chi connectivity index (χ0) is 18.9. The minimum absolute atomic E-state index is 0.00869. The number of imidazole rings is 1. The van der Waals surface area contributed by atoms with Crippen LogP contribution in [0, 0.1) is 5.41 Å². The van der Waals surface area contributed by atoms with Crippen LogP contribution in [0.25, 0.3) is 11.0 Å². The van der Waals surface area contributed by atoms with Gasteiger partial charge in [-0.1, -0.05) is 12.1 Å². The van der Waals surface area contributed by atoms with E-state index in [4.69, 9.17) is 4.74 Å². The van der Waals surface area contributed by atoms with E-state index in [0.29, 0.717) is 6.54 Å². The van der Waals surface area contributed by atoms with Crippen LogP contribution in [0.5, 0.6) is 0 Å². The summed E-state index contributed by atoms with van der Waals surface area (Å²) < 4.78 is 5.63. The molecule has 2 aliphatic heterocycles. The molecule has 1 spiro atoms. The Hall–Kier alpha value is -1.96. The van der Waals surface area contributed by atoms with Crippen molar-refractivity contribution in [1.29, 1.82) is 0 Å².